The number of benzene rings is 2. The monoisotopic (exact) mass is 337 g/mol. The molecule has 0 aliphatic carbocycles. The molecule has 3 rings (SSSR count). The molecule has 0 saturated heterocycles. The summed E-state index contributed by atoms with van der Waals surface area (Å²) in [7, 11) is 0. The van der Waals surface area contributed by atoms with Crippen LogP contribution in [0, 0.1) is 6.92 Å². The number of hydrogen-bond acceptors (Lipinski definition) is 4. The van der Waals surface area contributed by atoms with Gasteiger partial charge in [0.2, 0.25) is 0 Å². The van der Waals surface area contributed by atoms with Crippen LogP contribution < -0.4 is 5.32 Å². The Hall–Kier alpha value is -2.53. The summed E-state index contributed by atoms with van der Waals surface area (Å²) in [4.78, 5) is 13.3. The lowest BCUT2D eigenvalue weighted by Crippen LogP contribution is -2.15. The van der Waals surface area contributed by atoms with Crippen LogP contribution in [0.1, 0.15) is 39.0 Å². The largest absolute Gasteiger partial charge is 0.321 e. The van der Waals surface area contributed by atoms with Gasteiger partial charge in [-0.25, -0.2) is 0 Å². The van der Waals surface area contributed by atoms with E-state index < -0.39 is 0 Å². The van der Waals surface area contributed by atoms with Crippen molar-refractivity contribution in [3.8, 4) is 0 Å². The zero-order valence-electron chi connectivity index (χ0n) is 13.7. The summed E-state index contributed by atoms with van der Waals surface area (Å²) < 4.78 is 3.98. The Morgan fingerprint density at radius 1 is 1.12 bits per heavy atom. The number of carbonyl (C=O) groups is 1. The first-order valence-corrected chi connectivity index (χ1v) is 8.71. The molecule has 0 fully saturated rings. The summed E-state index contributed by atoms with van der Waals surface area (Å²) in [6.07, 6.45) is 1.48. The van der Waals surface area contributed by atoms with Crippen molar-refractivity contribution in [2.75, 3.05) is 5.32 Å². The Labute approximate surface area is 145 Å². The van der Waals surface area contributed by atoms with Gasteiger partial charge in [-0.2, -0.15) is 0 Å². The number of para-hydroxylation sites is 1. The predicted octanol–water partition coefficient (Wildman–Crippen LogP) is 4.25. The minimum Gasteiger partial charge on any atom is -0.321 e. The number of rotatable bonds is 5. The highest BCUT2D eigenvalue weighted by atomic mass is 32.1. The molecule has 0 saturated carbocycles. The number of nitrogens with zero attached hydrogens (tertiary/aromatic N) is 2. The minimum absolute atomic E-state index is 0.139. The highest BCUT2D eigenvalue weighted by Gasteiger charge is 2.18. The molecule has 0 aliphatic rings. The summed E-state index contributed by atoms with van der Waals surface area (Å²) >= 11 is 1.14. The zero-order chi connectivity index (χ0) is 16.9. The van der Waals surface area contributed by atoms with E-state index in [1.54, 1.807) is 0 Å². The molecule has 122 valence electrons. The van der Waals surface area contributed by atoms with Crippen LogP contribution in [0.4, 0.5) is 5.69 Å². The van der Waals surface area contributed by atoms with Gasteiger partial charge in [0.15, 0.2) is 0 Å². The minimum atomic E-state index is -0.139. The zero-order valence-corrected chi connectivity index (χ0v) is 14.6. The smallest absolute Gasteiger partial charge is 0.269 e. The molecule has 5 heteroatoms. The Kier molecular flexibility index (Phi) is 5.01. The van der Waals surface area contributed by atoms with E-state index in [9.17, 15) is 4.79 Å². The second-order valence-corrected chi connectivity index (χ2v) is 6.38. The fraction of sp³-hybridized carbons (Fsp3) is 0.211. The number of anilines is 1. The summed E-state index contributed by atoms with van der Waals surface area (Å²) in [5.41, 5.74) is 4.92. The Morgan fingerprint density at radius 2 is 1.92 bits per heavy atom. The van der Waals surface area contributed by atoms with Crippen LogP contribution in [0.2, 0.25) is 0 Å². The van der Waals surface area contributed by atoms with Crippen molar-refractivity contribution in [2.45, 2.75) is 26.7 Å². The van der Waals surface area contributed by atoms with Gasteiger partial charge in [0.25, 0.3) is 5.91 Å². The van der Waals surface area contributed by atoms with Gasteiger partial charge >= 0.3 is 0 Å². The molecule has 0 bridgehead atoms. The molecule has 3 aromatic rings. The van der Waals surface area contributed by atoms with Gasteiger partial charge < -0.3 is 5.32 Å². The normalized spacial score (nSPS) is 10.6. The van der Waals surface area contributed by atoms with Crippen LogP contribution in [0.3, 0.4) is 0 Å². The van der Waals surface area contributed by atoms with Crippen molar-refractivity contribution >= 4 is 23.1 Å². The van der Waals surface area contributed by atoms with Gasteiger partial charge in [0.1, 0.15) is 4.88 Å². The molecule has 0 radical (unpaired) electrons. The maximum Gasteiger partial charge on any atom is 0.269 e. The molecule has 1 heterocycles. The predicted molar refractivity (Wildman–Crippen MR) is 97.7 cm³/mol. The van der Waals surface area contributed by atoms with Gasteiger partial charge in [0.05, 0.1) is 5.69 Å². The summed E-state index contributed by atoms with van der Waals surface area (Å²) in [6, 6.07) is 16.0. The third-order valence-corrected chi connectivity index (χ3v) is 4.72. The molecule has 1 amide bonds. The molecule has 1 N–H and O–H groups in total. The van der Waals surface area contributed by atoms with Crippen LogP contribution in [-0.2, 0) is 12.8 Å². The van der Waals surface area contributed by atoms with Crippen molar-refractivity contribution in [3.05, 3.63) is 75.8 Å². The van der Waals surface area contributed by atoms with E-state index in [4.69, 9.17) is 0 Å². The average molecular weight is 337 g/mol. The molecule has 0 aliphatic heterocycles. The fourth-order valence-corrected chi connectivity index (χ4v) is 3.23. The SMILES string of the molecule is CCc1cccc(C)c1NC(=O)c1snnc1Cc1ccccc1. The maximum absolute atomic E-state index is 12.7. The van der Waals surface area contributed by atoms with Crippen LogP contribution in [0.25, 0.3) is 0 Å². The third-order valence-electron chi connectivity index (χ3n) is 3.95. The molecular formula is C19H19N3OS. The van der Waals surface area contributed by atoms with Crippen LogP contribution in [0.5, 0.6) is 0 Å². The standard InChI is InChI=1S/C19H19N3OS/c1-3-15-11-7-8-13(2)17(15)20-19(23)18-16(21-22-24-18)12-14-9-5-4-6-10-14/h4-11H,3,12H2,1-2H3,(H,20,23). The van der Waals surface area contributed by atoms with E-state index in [0.717, 1.165) is 46.0 Å². The van der Waals surface area contributed by atoms with E-state index >= 15 is 0 Å². The Bertz CT molecular complexity index is 843. The number of aromatic nitrogens is 2. The van der Waals surface area contributed by atoms with Crippen molar-refractivity contribution in [2.24, 2.45) is 0 Å². The van der Waals surface area contributed by atoms with Gasteiger partial charge in [-0.15, -0.1) is 5.10 Å². The summed E-state index contributed by atoms with van der Waals surface area (Å²) in [6.45, 7) is 4.09. The molecule has 0 atom stereocenters. The number of aryl methyl sites for hydroxylation is 2. The highest BCUT2D eigenvalue weighted by molar-refractivity contribution is 7.08. The van der Waals surface area contributed by atoms with Crippen molar-refractivity contribution in [3.63, 3.8) is 0 Å². The molecule has 4 nitrogen and oxygen atoms in total. The number of nitrogens with one attached hydrogen (secondary N) is 1. The quantitative estimate of drug-likeness (QED) is 0.757. The Morgan fingerprint density at radius 3 is 2.67 bits per heavy atom. The van der Waals surface area contributed by atoms with Crippen molar-refractivity contribution in [1.29, 1.82) is 0 Å². The second-order valence-electron chi connectivity index (χ2n) is 5.63. The van der Waals surface area contributed by atoms with E-state index in [2.05, 4.69) is 21.8 Å². The molecule has 1 aromatic heterocycles. The van der Waals surface area contributed by atoms with Crippen molar-refractivity contribution < 1.29 is 4.79 Å². The lowest BCUT2D eigenvalue weighted by atomic mass is 10.1. The van der Waals surface area contributed by atoms with Gasteiger partial charge in [-0.05, 0) is 41.6 Å². The summed E-state index contributed by atoms with van der Waals surface area (Å²) in [5.74, 6) is -0.139. The first-order chi connectivity index (χ1) is 11.7. The molecular weight excluding hydrogens is 318 g/mol. The van der Waals surface area contributed by atoms with Crippen LogP contribution in [0.15, 0.2) is 48.5 Å². The maximum atomic E-state index is 12.7. The number of amides is 1. The first-order valence-electron chi connectivity index (χ1n) is 7.94. The third kappa shape index (κ3) is 3.51. The lowest BCUT2D eigenvalue weighted by molar-refractivity contribution is 0.102. The van der Waals surface area contributed by atoms with Crippen molar-refractivity contribution in [1.82, 2.24) is 9.59 Å². The fourth-order valence-electron chi connectivity index (χ4n) is 2.66. The van der Waals surface area contributed by atoms with E-state index in [1.165, 1.54) is 0 Å². The number of carbonyl (C=O) groups excluding carboxylic acids is 1. The first kappa shape index (κ1) is 16.3. The van der Waals surface area contributed by atoms with Gasteiger partial charge in [-0.1, -0.05) is 59.9 Å². The van der Waals surface area contributed by atoms with E-state index in [0.29, 0.717) is 11.3 Å². The number of hydrogen-bond donors (Lipinski definition) is 1. The lowest BCUT2D eigenvalue weighted by Gasteiger charge is -2.12. The molecule has 0 spiro atoms. The van der Waals surface area contributed by atoms with Gasteiger partial charge in [0, 0.05) is 12.1 Å². The van der Waals surface area contributed by atoms with Crippen LogP contribution >= 0.6 is 11.5 Å². The second kappa shape index (κ2) is 7.36. The summed E-state index contributed by atoms with van der Waals surface area (Å²) in [5, 5.41) is 7.20. The molecule has 2 aromatic carbocycles. The van der Waals surface area contributed by atoms with Crippen LogP contribution in [-0.4, -0.2) is 15.5 Å². The molecule has 24 heavy (non-hydrogen) atoms. The van der Waals surface area contributed by atoms with E-state index in [-0.39, 0.29) is 5.91 Å². The van der Waals surface area contributed by atoms with Gasteiger partial charge in [-0.3, -0.25) is 4.79 Å². The topological polar surface area (TPSA) is 54.9 Å². The average Bonchev–Trinajstić information content (AvgIpc) is 3.05. The highest BCUT2D eigenvalue weighted by Crippen LogP contribution is 2.23. The molecule has 0 unspecified atom stereocenters. The van der Waals surface area contributed by atoms with E-state index in [1.807, 2.05) is 55.5 Å². The Balaban J connectivity index is 1.83.